The van der Waals surface area contributed by atoms with Gasteiger partial charge in [-0.15, -0.1) is 0 Å². The molecule has 2 aromatic carbocycles. The molecular weight excluding hydrogens is 358 g/mol. The molecule has 0 bridgehead atoms. The lowest BCUT2D eigenvalue weighted by Crippen LogP contribution is -2.48. The van der Waals surface area contributed by atoms with Gasteiger partial charge in [-0.1, -0.05) is 30.3 Å². The number of hydrogen-bond acceptors (Lipinski definition) is 4. The molecule has 1 aromatic heterocycles. The maximum Gasteiger partial charge on any atom is 0.334 e. The summed E-state index contributed by atoms with van der Waals surface area (Å²) in [5.41, 5.74) is 2.87. The summed E-state index contributed by atoms with van der Waals surface area (Å²) >= 11 is 0. The van der Waals surface area contributed by atoms with Crippen molar-refractivity contribution < 1.29 is 19.4 Å². The van der Waals surface area contributed by atoms with Crippen LogP contribution in [0.3, 0.4) is 0 Å². The highest BCUT2D eigenvalue weighted by molar-refractivity contribution is 5.80. The van der Waals surface area contributed by atoms with Crippen molar-refractivity contribution in [3.8, 4) is 5.69 Å². The Morgan fingerprint density at radius 1 is 1.11 bits per heavy atom. The van der Waals surface area contributed by atoms with Crippen molar-refractivity contribution in [3.05, 3.63) is 60.4 Å². The largest absolute Gasteiger partial charge is 0.479 e. The Kier molecular flexibility index (Phi) is 5.08. The number of carbonyl (C=O) groups is 2. The van der Waals surface area contributed by atoms with Crippen LogP contribution in [0, 0.1) is 0 Å². The van der Waals surface area contributed by atoms with Crippen molar-refractivity contribution >= 4 is 22.9 Å². The van der Waals surface area contributed by atoms with Gasteiger partial charge in [0.1, 0.15) is 5.82 Å². The summed E-state index contributed by atoms with van der Waals surface area (Å²) in [7, 11) is 0. The predicted molar refractivity (Wildman–Crippen MR) is 103 cm³/mol. The van der Waals surface area contributed by atoms with Crippen LogP contribution < -0.4 is 0 Å². The number of morpholine rings is 1. The number of nitrogens with zero attached hydrogens (tertiary/aromatic N) is 3. The van der Waals surface area contributed by atoms with Crippen LogP contribution in [0.1, 0.15) is 12.2 Å². The fraction of sp³-hybridized carbons (Fsp3) is 0.286. The van der Waals surface area contributed by atoms with E-state index in [1.807, 2.05) is 54.6 Å². The molecule has 1 atom stereocenters. The Balaban J connectivity index is 1.55. The van der Waals surface area contributed by atoms with Crippen LogP contribution in [0.15, 0.2) is 54.6 Å². The summed E-state index contributed by atoms with van der Waals surface area (Å²) < 4.78 is 7.26. The third-order valence-corrected chi connectivity index (χ3v) is 4.90. The number of carbonyl (C=O) groups excluding carboxylic acids is 1. The monoisotopic (exact) mass is 379 g/mol. The number of fused-ring (bicyclic) bond motifs is 1. The summed E-state index contributed by atoms with van der Waals surface area (Å²) in [6.45, 7) is 0.742. The molecule has 144 valence electrons. The molecule has 2 heterocycles. The second-order valence-corrected chi connectivity index (χ2v) is 6.73. The third kappa shape index (κ3) is 3.61. The van der Waals surface area contributed by atoms with E-state index in [1.54, 1.807) is 4.90 Å². The molecule has 1 aliphatic rings. The Morgan fingerprint density at radius 2 is 1.86 bits per heavy atom. The van der Waals surface area contributed by atoms with Gasteiger partial charge in [0.2, 0.25) is 5.91 Å². The van der Waals surface area contributed by atoms with Crippen molar-refractivity contribution in [1.82, 2.24) is 14.5 Å². The number of aliphatic carboxylic acids is 1. The second-order valence-electron chi connectivity index (χ2n) is 6.73. The van der Waals surface area contributed by atoms with E-state index in [2.05, 4.69) is 4.57 Å². The molecular formula is C21H21N3O4. The van der Waals surface area contributed by atoms with E-state index in [1.165, 1.54) is 0 Å². The first-order chi connectivity index (χ1) is 13.6. The van der Waals surface area contributed by atoms with Crippen LogP contribution in [-0.2, 0) is 20.7 Å². The molecule has 0 saturated carbocycles. The highest BCUT2D eigenvalue weighted by Crippen LogP contribution is 2.22. The molecule has 7 nitrogen and oxygen atoms in total. The van der Waals surface area contributed by atoms with Gasteiger partial charge in [0.25, 0.3) is 0 Å². The lowest BCUT2D eigenvalue weighted by Gasteiger charge is -2.30. The summed E-state index contributed by atoms with van der Waals surface area (Å²) in [6.07, 6.45) is -0.216. The predicted octanol–water partition coefficient (Wildman–Crippen LogP) is 2.27. The Hall–Kier alpha value is -3.19. The van der Waals surface area contributed by atoms with Crippen LogP contribution in [0.5, 0.6) is 0 Å². The summed E-state index contributed by atoms with van der Waals surface area (Å²) in [5, 5.41) is 9.11. The summed E-state index contributed by atoms with van der Waals surface area (Å²) in [6, 6.07) is 17.8. The summed E-state index contributed by atoms with van der Waals surface area (Å²) in [4.78, 5) is 30.1. The molecule has 7 heteroatoms. The van der Waals surface area contributed by atoms with E-state index in [0.717, 1.165) is 22.5 Å². The fourth-order valence-electron chi connectivity index (χ4n) is 3.51. The van der Waals surface area contributed by atoms with E-state index in [-0.39, 0.29) is 25.5 Å². The quantitative estimate of drug-likeness (QED) is 0.735. The first-order valence-corrected chi connectivity index (χ1v) is 9.27. The van der Waals surface area contributed by atoms with Gasteiger partial charge in [-0.2, -0.15) is 0 Å². The van der Waals surface area contributed by atoms with Gasteiger partial charge in [-0.25, -0.2) is 9.78 Å². The maximum atomic E-state index is 12.6. The van der Waals surface area contributed by atoms with Crippen LogP contribution in [0.2, 0.25) is 0 Å². The molecule has 0 radical (unpaired) electrons. The minimum atomic E-state index is -1.04. The number of benzene rings is 2. The van der Waals surface area contributed by atoms with Gasteiger partial charge >= 0.3 is 5.97 Å². The van der Waals surface area contributed by atoms with Gasteiger partial charge in [-0.05, 0) is 24.3 Å². The molecule has 1 N–H and O–H groups in total. The molecule has 3 aromatic rings. The summed E-state index contributed by atoms with van der Waals surface area (Å²) in [5.74, 6) is -0.312. The second kappa shape index (κ2) is 7.82. The number of carboxylic acids is 1. The van der Waals surface area contributed by atoms with Crippen molar-refractivity contribution in [2.45, 2.75) is 18.9 Å². The lowest BCUT2D eigenvalue weighted by atomic mass is 10.2. The van der Waals surface area contributed by atoms with E-state index in [4.69, 9.17) is 14.8 Å². The Bertz CT molecular complexity index is 999. The van der Waals surface area contributed by atoms with Gasteiger partial charge in [0.05, 0.1) is 24.2 Å². The number of aryl methyl sites for hydroxylation is 1. The third-order valence-electron chi connectivity index (χ3n) is 4.90. The van der Waals surface area contributed by atoms with Crippen molar-refractivity contribution in [3.63, 3.8) is 0 Å². The molecule has 1 fully saturated rings. The van der Waals surface area contributed by atoms with E-state index in [9.17, 15) is 9.59 Å². The first-order valence-electron chi connectivity index (χ1n) is 9.27. The van der Waals surface area contributed by atoms with Gasteiger partial charge in [0, 0.05) is 25.1 Å². The molecule has 0 spiro atoms. The number of hydrogen-bond donors (Lipinski definition) is 1. The van der Waals surface area contributed by atoms with Crippen molar-refractivity contribution in [2.75, 3.05) is 19.7 Å². The SMILES string of the molecule is O=C(O)C1CN(C(=O)CCc2nc3ccccc3n2-c2ccccc2)CCO1. The van der Waals surface area contributed by atoms with Crippen LogP contribution >= 0.6 is 0 Å². The van der Waals surface area contributed by atoms with Crippen LogP contribution in [0.4, 0.5) is 0 Å². The zero-order valence-corrected chi connectivity index (χ0v) is 15.3. The number of amides is 1. The molecule has 28 heavy (non-hydrogen) atoms. The standard InChI is InChI=1S/C21H21N3O4/c25-20(23-12-13-28-18(14-23)21(26)27)11-10-19-22-16-8-4-5-9-17(16)24(19)15-6-2-1-3-7-15/h1-9,18H,10-14H2,(H,26,27). The van der Waals surface area contributed by atoms with Gasteiger partial charge in [0.15, 0.2) is 6.10 Å². The number of carboxylic acid groups (broad SMARTS) is 1. The fourth-order valence-corrected chi connectivity index (χ4v) is 3.51. The smallest absolute Gasteiger partial charge is 0.334 e. The minimum Gasteiger partial charge on any atom is -0.479 e. The van der Waals surface area contributed by atoms with Crippen LogP contribution in [-0.4, -0.2) is 57.2 Å². The zero-order valence-electron chi connectivity index (χ0n) is 15.3. The molecule has 1 amide bonds. The average molecular weight is 379 g/mol. The van der Waals surface area contributed by atoms with Gasteiger partial charge in [-0.3, -0.25) is 9.36 Å². The van der Waals surface area contributed by atoms with Crippen molar-refractivity contribution in [1.29, 1.82) is 0 Å². The molecule has 4 rings (SSSR count). The topological polar surface area (TPSA) is 84.7 Å². The number of rotatable bonds is 5. The Morgan fingerprint density at radius 3 is 2.64 bits per heavy atom. The molecule has 1 aliphatic heterocycles. The number of ether oxygens (including phenoxy) is 1. The number of imidazole rings is 1. The molecule has 1 unspecified atom stereocenters. The zero-order chi connectivity index (χ0) is 19.5. The van der Waals surface area contributed by atoms with Crippen LogP contribution in [0.25, 0.3) is 16.7 Å². The lowest BCUT2D eigenvalue weighted by molar-refractivity contribution is -0.159. The minimum absolute atomic E-state index is 0.0822. The first kappa shape index (κ1) is 18.2. The van der Waals surface area contributed by atoms with Crippen molar-refractivity contribution in [2.24, 2.45) is 0 Å². The average Bonchev–Trinajstić information content (AvgIpc) is 3.11. The number of para-hydroxylation sites is 3. The maximum absolute atomic E-state index is 12.6. The molecule has 1 saturated heterocycles. The number of aromatic nitrogens is 2. The van der Waals surface area contributed by atoms with E-state index < -0.39 is 12.1 Å². The van der Waals surface area contributed by atoms with Gasteiger partial charge < -0.3 is 14.7 Å². The van der Waals surface area contributed by atoms with E-state index in [0.29, 0.717) is 13.0 Å². The highest BCUT2D eigenvalue weighted by Gasteiger charge is 2.29. The Labute approximate surface area is 162 Å². The van der Waals surface area contributed by atoms with E-state index >= 15 is 0 Å². The molecule has 0 aliphatic carbocycles. The normalized spacial score (nSPS) is 17.0. The highest BCUT2D eigenvalue weighted by atomic mass is 16.5.